The average Bonchev–Trinajstić information content (AvgIpc) is 2.56. The summed E-state index contributed by atoms with van der Waals surface area (Å²) in [6.07, 6.45) is 5.59. The Morgan fingerprint density at radius 1 is 1.22 bits per heavy atom. The van der Waals surface area contributed by atoms with E-state index < -0.39 is 11.8 Å². The molecule has 0 spiro atoms. The molecule has 1 aromatic carbocycles. The van der Waals surface area contributed by atoms with Crippen LogP contribution in [0.1, 0.15) is 33.1 Å². The van der Waals surface area contributed by atoms with E-state index in [4.69, 9.17) is 16.3 Å². The second-order valence-electron chi connectivity index (χ2n) is 5.81. The van der Waals surface area contributed by atoms with E-state index in [0.29, 0.717) is 23.6 Å². The molecule has 124 valence electrons. The van der Waals surface area contributed by atoms with E-state index in [1.54, 1.807) is 24.3 Å². The van der Waals surface area contributed by atoms with Crippen molar-refractivity contribution in [3.8, 4) is 0 Å². The van der Waals surface area contributed by atoms with Crippen molar-refractivity contribution in [2.45, 2.75) is 39.2 Å². The summed E-state index contributed by atoms with van der Waals surface area (Å²) in [7, 11) is 0. The van der Waals surface area contributed by atoms with E-state index in [-0.39, 0.29) is 18.0 Å². The van der Waals surface area contributed by atoms with Crippen molar-refractivity contribution in [1.82, 2.24) is 0 Å². The molecule has 1 aliphatic carbocycles. The van der Waals surface area contributed by atoms with Crippen molar-refractivity contribution >= 4 is 29.2 Å². The Balaban J connectivity index is 2.05. The summed E-state index contributed by atoms with van der Waals surface area (Å²) in [6.45, 7) is 3.82. The van der Waals surface area contributed by atoms with Gasteiger partial charge in [0.1, 0.15) is 0 Å². The molecule has 0 unspecified atom stereocenters. The van der Waals surface area contributed by atoms with Crippen LogP contribution in [0.5, 0.6) is 0 Å². The summed E-state index contributed by atoms with van der Waals surface area (Å²) in [6, 6.07) is 6.91. The summed E-state index contributed by atoms with van der Waals surface area (Å²) in [4.78, 5) is 24.9. The Morgan fingerprint density at radius 2 is 1.83 bits per heavy atom. The first-order valence-electron chi connectivity index (χ1n) is 7.93. The van der Waals surface area contributed by atoms with E-state index in [1.807, 2.05) is 26.0 Å². The molecule has 2 rings (SSSR count). The van der Waals surface area contributed by atoms with Crippen LogP contribution in [0.3, 0.4) is 0 Å². The maximum absolute atomic E-state index is 12.5. The van der Waals surface area contributed by atoms with Crippen molar-refractivity contribution in [2.75, 3.05) is 5.32 Å². The molecule has 0 aromatic heterocycles. The first-order valence-corrected chi connectivity index (χ1v) is 8.31. The van der Waals surface area contributed by atoms with Gasteiger partial charge in [-0.15, -0.1) is 0 Å². The van der Waals surface area contributed by atoms with E-state index in [0.717, 1.165) is 6.42 Å². The third kappa shape index (κ3) is 4.83. The zero-order chi connectivity index (χ0) is 16.8. The average molecular weight is 336 g/mol. The fourth-order valence-electron chi connectivity index (χ4n) is 2.50. The van der Waals surface area contributed by atoms with Gasteiger partial charge in [0.2, 0.25) is 5.91 Å². The zero-order valence-corrected chi connectivity index (χ0v) is 14.2. The van der Waals surface area contributed by atoms with Crippen LogP contribution in [-0.2, 0) is 14.3 Å². The van der Waals surface area contributed by atoms with Crippen LogP contribution in [0, 0.1) is 11.8 Å². The molecule has 1 N–H and O–H groups in total. The van der Waals surface area contributed by atoms with Gasteiger partial charge < -0.3 is 10.1 Å². The van der Waals surface area contributed by atoms with Gasteiger partial charge in [-0.1, -0.05) is 30.7 Å². The fraction of sp³-hybridized carbons (Fsp3) is 0.444. The minimum absolute atomic E-state index is 0.131. The lowest BCUT2D eigenvalue weighted by atomic mass is 9.82. The van der Waals surface area contributed by atoms with Crippen LogP contribution < -0.4 is 5.32 Å². The molecule has 0 saturated heterocycles. The number of ether oxygens (including phenoxy) is 1. The largest absolute Gasteiger partial charge is 0.462 e. The molecule has 1 aromatic rings. The van der Waals surface area contributed by atoms with Gasteiger partial charge in [-0.25, -0.2) is 0 Å². The number of amides is 1. The molecule has 0 radical (unpaired) electrons. The number of hydrogen-bond donors (Lipinski definition) is 1. The topological polar surface area (TPSA) is 55.4 Å². The highest BCUT2D eigenvalue weighted by molar-refractivity contribution is 6.30. The Bertz CT molecular complexity index is 582. The number of carbonyl (C=O) groups excluding carboxylic acids is 2. The van der Waals surface area contributed by atoms with E-state index in [9.17, 15) is 9.59 Å². The second-order valence-corrected chi connectivity index (χ2v) is 6.24. The molecular weight excluding hydrogens is 314 g/mol. The fourth-order valence-corrected chi connectivity index (χ4v) is 2.63. The first kappa shape index (κ1) is 17.5. The van der Waals surface area contributed by atoms with Crippen molar-refractivity contribution in [3.63, 3.8) is 0 Å². The number of allylic oxidation sites excluding steroid dienone is 2. The minimum Gasteiger partial charge on any atom is -0.462 e. The summed E-state index contributed by atoms with van der Waals surface area (Å²) in [5, 5.41) is 3.46. The standard InChI is InChI=1S/C18H22ClNO3/c1-3-12(2)23-18(22)16-7-5-4-6-15(16)17(21)20-14-10-8-13(19)9-11-14/h4-5,8-12,15-16H,3,6-7H2,1-2H3,(H,20,21)/t12-,15+,16+/m0/s1. The molecular formula is C18H22ClNO3. The number of rotatable bonds is 5. The van der Waals surface area contributed by atoms with Crippen LogP contribution in [0.15, 0.2) is 36.4 Å². The third-order valence-corrected chi connectivity index (χ3v) is 4.33. The van der Waals surface area contributed by atoms with Crippen molar-refractivity contribution in [2.24, 2.45) is 11.8 Å². The van der Waals surface area contributed by atoms with Crippen molar-refractivity contribution < 1.29 is 14.3 Å². The number of hydrogen-bond acceptors (Lipinski definition) is 3. The maximum atomic E-state index is 12.5. The van der Waals surface area contributed by atoms with Crippen molar-refractivity contribution in [1.29, 1.82) is 0 Å². The Morgan fingerprint density at radius 3 is 2.43 bits per heavy atom. The third-order valence-electron chi connectivity index (χ3n) is 4.08. The van der Waals surface area contributed by atoms with Crippen molar-refractivity contribution in [3.05, 3.63) is 41.4 Å². The van der Waals surface area contributed by atoms with E-state index >= 15 is 0 Å². The predicted molar refractivity (Wildman–Crippen MR) is 91.3 cm³/mol. The Labute approximate surface area is 141 Å². The van der Waals surface area contributed by atoms with Gasteiger partial charge in [-0.05, 0) is 50.5 Å². The lowest BCUT2D eigenvalue weighted by Gasteiger charge is -2.27. The summed E-state index contributed by atoms with van der Waals surface area (Å²) < 4.78 is 5.42. The lowest BCUT2D eigenvalue weighted by molar-refractivity contribution is -0.157. The monoisotopic (exact) mass is 335 g/mol. The van der Waals surface area contributed by atoms with Crippen LogP contribution in [0.25, 0.3) is 0 Å². The molecule has 0 bridgehead atoms. The maximum Gasteiger partial charge on any atom is 0.310 e. The molecule has 0 aliphatic heterocycles. The molecule has 1 amide bonds. The molecule has 3 atom stereocenters. The van der Waals surface area contributed by atoms with Gasteiger partial charge in [0.15, 0.2) is 0 Å². The molecule has 5 heteroatoms. The van der Waals surface area contributed by atoms with Crippen LogP contribution in [-0.4, -0.2) is 18.0 Å². The number of benzene rings is 1. The highest BCUT2D eigenvalue weighted by Crippen LogP contribution is 2.29. The SMILES string of the molecule is CC[C@H](C)OC(=O)[C@@H]1CC=CC[C@H]1C(=O)Nc1ccc(Cl)cc1. The molecule has 0 saturated carbocycles. The zero-order valence-electron chi connectivity index (χ0n) is 13.4. The highest BCUT2D eigenvalue weighted by atomic mass is 35.5. The molecule has 4 nitrogen and oxygen atoms in total. The summed E-state index contributed by atoms with van der Waals surface area (Å²) in [5.74, 6) is -1.30. The van der Waals surface area contributed by atoms with Crippen LogP contribution in [0.2, 0.25) is 5.02 Å². The summed E-state index contributed by atoms with van der Waals surface area (Å²) >= 11 is 5.84. The molecule has 0 heterocycles. The number of carbonyl (C=O) groups is 2. The lowest BCUT2D eigenvalue weighted by Crippen LogP contribution is -2.36. The Kier molecular flexibility index (Phi) is 6.22. The smallest absolute Gasteiger partial charge is 0.310 e. The van der Waals surface area contributed by atoms with Gasteiger partial charge in [0.05, 0.1) is 17.9 Å². The molecule has 23 heavy (non-hydrogen) atoms. The minimum atomic E-state index is -0.429. The van der Waals surface area contributed by atoms with Gasteiger partial charge in [-0.3, -0.25) is 9.59 Å². The summed E-state index contributed by atoms with van der Waals surface area (Å²) in [5.41, 5.74) is 0.669. The van der Waals surface area contributed by atoms with Gasteiger partial charge in [0.25, 0.3) is 0 Å². The number of nitrogens with one attached hydrogen (secondary N) is 1. The van der Waals surface area contributed by atoms with Crippen LogP contribution in [0.4, 0.5) is 5.69 Å². The number of esters is 1. The first-order chi connectivity index (χ1) is 11.0. The van der Waals surface area contributed by atoms with E-state index in [1.165, 1.54) is 0 Å². The number of halogens is 1. The van der Waals surface area contributed by atoms with Gasteiger partial charge in [0, 0.05) is 10.7 Å². The highest BCUT2D eigenvalue weighted by Gasteiger charge is 2.35. The quantitative estimate of drug-likeness (QED) is 0.648. The Hall–Kier alpha value is -1.81. The van der Waals surface area contributed by atoms with Crippen LogP contribution >= 0.6 is 11.6 Å². The normalized spacial score (nSPS) is 21.5. The second kappa shape index (κ2) is 8.16. The number of anilines is 1. The molecule has 0 fully saturated rings. The predicted octanol–water partition coefficient (Wildman–Crippen LogP) is 4.20. The van der Waals surface area contributed by atoms with Gasteiger partial charge >= 0.3 is 5.97 Å². The molecule has 1 aliphatic rings. The van der Waals surface area contributed by atoms with Gasteiger partial charge in [-0.2, -0.15) is 0 Å². The van der Waals surface area contributed by atoms with E-state index in [2.05, 4.69) is 5.32 Å².